The largest absolute Gasteiger partial charge is 0.485 e. The number of nitrogens with zero attached hydrogens (tertiary/aromatic N) is 4. The first kappa shape index (κ1) is 20.3. The fourth-order valence-electron chi connectivity index (χ4n) is 4.04. The van der Waals surface area contributed by atoms with E-state index in [1.54, 1.807) is 21.9 Å². The van der Waals surface area contributed by atoms with Crippen molar-refractivity contribution < 1.29 is 23.6 Å². The van der Waals surface area contributed by atoms with E-state index in [0.717, 1.165) is 11.1 Å². The molecule has 2 aliphatic rings. The molecule has 9 nitrogen and oxygen atoms in total. The van der Waals surface area contributed by atoms with Crippen LogP contribution in [0, 0.1) is 0 Å². The Bertz CT molecular complexity index is 1170. The molecule has 1 atom stereocenters. The second-order valence-electron chi connectivity index (χ2n) is 8.28. The fourth-order valence-corrected chi connectivity index (χ4v) is 4.04. The fraction of sp³-hybridized carbons (Fsp3) is 0.391. The van der Waals surface area contributed by atoms with Crippen LogP contribution >= 0.6 is 0 Å². The number of piperazine rings is 1. The van der Waals surface area contributed by atoms with Gasteiger partial charge in [0.05, 0.1) is 16.6 Å². The smallest absolute Gasteiger partial charge is 0.267 e. The minimum absolute atomic E-state index is 0.117. The van der Waals surface area contributed by atoms with Crippen LogP contribution in [0.15, 0.2) is 41.1 Å². The number of ether oxygens (including phenoxy) is 2. The molecule has 9 heteroatoms. The van der Waals surface area contributed by atoms with Crippen molar-refractivity contribution >= 4 is 22.9 Å². The third-order valence-corrected chi connectivity index (χ3v) is 5.81. The molecule has 0 bridgehead atoms. The predicted molar refractivity (Wildman–Crippen MR) is 115 cm³/mol. The first-order chi connectivity index (χ1) is 15.5. The van der Waals surface area contributed by atoms with E-state index in [1.165, 1.54) is 6.20 Å². The molecular weight excluding hydrogens is 412 g/mol. The molecule has 1 saturated heterocycles. The highest BCUT2D eigenvalue weighted by Crippen LogP contribution is 2.31. The topological polar surface area (TPSA) is 98.0 Å². The minimum atomic E-state index is -0.679. The number of carbonyl (C=O) groups is 2. The van der Waals surface area contributed by atoms with Gasteiger partial charge in [-0.05, 0) is 24.1 Å². The van der Waals surface area contributed by atoms with Crippen molar-refractivity contribution in [3.63, 3.8) is 0 Å². The summed E-state index contributed by atoms with van der Waals surface area (Å²) in [4.78, 5) is 33.7. The van der Waals surface area contributed by atoms with Crippen LogP contribution in [0.5, 0.6) is 11.5 Å². The summed E-state index contributed by atoms with van der Waals surface area (Å²) in [6.07, 6.45) is 0.837. The first-order valence-electron chi connectivity index (χ1n) is 10.7. The zero-order chi connectivity index (χ0) is 22.2. The van der Waals surface area contributed by atoms with Gasteiger partial charge in [-0.3, -0.25) is 9.59 Å². The zero-order valence-corrected chi connectivity index (χ0v) is 18.0. The molecule has 0 N–H and O–H groups in total. The summed E-state index contributed by atoms with van der Waals surface area (Å²) in [7, 11) is 0. The molecule has 1 fully saturated rings. The second-order valence-corrected chi connectivity index (χ2v) is 8.28. The Balaban J connectivity index is 1.23. The zero-order valence-electron chi connectivity index (χ0n) is 18.0. The first-order valence-corrected chi connectivity index (χ1v) is 10.7. The van der Waals surface area contributed by atoms with Gasteiger partial charge in [-0.25, -0.2) is 4.98 Å². The van der Waals surface area contributed by atoms with Crippen molar-refractivity contribution in [2.24, 2.45) is 0 Å². The molecule has 32 heavy (non-hydrogen) atoms. The van der Waals surface area contributed by atoms with Crippen LogP contribution in [0.1, 0.15) is 35.8 Å². The van der Waals surface area contributed by atoms with E-state index in [-0.39, 0.29) is 24.3 Å². The Hall–Kier alpha value is -3.62. The highest BCUT2D eigenvalue weighted by Gasteiger charge is 2.33. The number of carbonyl (C=O) groups excluding carboxylic acids is 2. The van der Waals surface area contributed by atoms with Crippen LogP contribution in [0.3, 0.4) is 0 Å². The lowest BCUT2D eigenvalue weighted by Gasteiger charge is -2.37. The number of hydrogen-bond acceptors (Lipinski definition) is 7. The van der Waals surface area contributed by atoms with Crippen molar-refractivity contribution in [1.29, 1.82) is 0 Å². The van der Waals surface area contributed by atoms with Gasteiger partial charge in [0.25, 0.3) is 17.5 Å². The average molecular weight is 436 g/mol. The van der Waals surface area contributed by atoms with Gasteiger partial charge in [-0.15, -0.1) is 0 Å². The van der Waals surface area contributed by atoms with E-state index < -0.39 is 6.10 Å². The lowest BCUT2D eigenvalue weighted by Crippen LogP contribution is -2.55. The third-order valence-electron chi connectivity index (χ3n) is 5.81. The van der Waals surface area contributed by atoms with Gasteiger partial charge < -0.3 is 23.8 Å². The highest BCUT2D eigenvalue weighted by molar-refractivity contribution is 5.97. The molecule has 2 aliphatic heterocycles. The van der Waals surface area contributed by atoms with Gasteiger partial charge >= 0.3 is 0 Å². The molecule has 0 saturated carbocycles. The molecule has 2 amide bonds. The van der Waals surface area contributed by atoms with Gasteiger partial charge in [0.1, 0.15) is 6.61 Å². The SMILES string of the molecule is CC(C)c1noc2ncc(C(=O)N3CCN(C(=O)C4COc5ccccc5O4)CC3)cc12. The van der Waals surface area contributed by atoms with Crippen LogP contribution in [0.4, 0.5) is 0 Å². The number of pyridine rings is 1. The van der Waals surface area contributed by atoms with Crippen molar-refractivity contribution in [3.8, 4) is 11.5 Å². The molecule has 0 spiro atoms. The summed E-state index contributed by atoms with van der Waals surface area (Å²) in [5, 5.41) is 4.83. The van der Waals surface area contributed by atoms with E-state index in [9.17, 15) is 9.59 Å². The van der Waals surface area contributed by atoms with Crippen LogP contribution < -0.4 is 9.47 Å². The maximum absolute atomic E-state index is 13.0. The van der Waals surface area contributed by atoms with Gasteiger partial charge in [0.15, 0.2) is 11.5 Å². The normalized spacial score (nSPS) is 18.3. The van der Waals surface area contributed by atoms with Crippen molar-refractivity contribution in [3.05, 3.63) is 47.8 Å². The number of para-hydroxylation sites is 2. The third kappa shape index (κ3) is 3.63. The van der Waals surface area contributed by atoms with Gasteiger partial charge in [0, 0.05) is 32.4 Å². The van der Waals surface area contributed by atoms with Crippen LogP contribution in [0.2, 0.25) is 0 Å². The highest BCUT2D eigenvalue weighted by atomic mass is 16.6. The van der Waals surface area contributed by atoms with Gasteiger partial charge in [0.2, 0.25) is 6.10 Å². The van der Waals surface area contributed by atoms with E-state index in [4.69, 9.17) is 14.0 Å². The Labute approximate surface area is 184 Å². The van der Waals surface area contributed by atoms with Crippen LogP contribution in [-0.2, 0) is 4.79 Å². The Morgan fingerprint density at radius 3 is 2.53 bits per heavy atom. The Morgan fingerprint density at radius 1 is 1.06 bits per heavy atom. The van der Waals surface area contributed by atoms with Crippen LogP contribution in [-0.4, -0.2) is 70.6 Å². The molecule has 166 valence electrons. The summed E-state index contributed by atoms with van der Waals surface area (Å²) in [6.45, 7) is 5.96. The van der Waals surface area contributed by atoms with Crippen molar-refractivity contribution in [1.82, 2.24) is 19.9 Å². The van der Waals surface area contributed by atoms with Gasteiger partial charge in [-0.2, -0.15) is 0 Å². The molecule has 1 unspecified atom stereocenters. The van der Waals surface area contributed by atoms with E-state index in [2.05, 4.69) is 10.1 Å². The maximum atomic E-state index is 13.0. The number of hydrogen-bond donors (Lipinski definition) is 0. The maximum Gasteiger partial charge on any atom is 0.267 e. The monoisotopic (exact) mass is 436 g/mol. The standard InChI is InChI=1S/C23H24N4O5/c1-14(2)20-16-11-15(12-24-21(16)32-25-20)22(28)26-7-9-27(10-8-26)23(29)19-13-30-17-5-3-4-6-18(17)31-19/h3-6,11-12,14,19H,7-10,13H2,1-2H3. The van der Waals surface area contributed by atoms with E-state index in [1.807, 2.05) is 32.0 Å². The van der Waals surface area contributed by atoms with Crippen molar-refractivity contribution in [2.45, 2.75) is 25.9 Å². The molecular formula is C23H24N4O5. The summed E-state index contributed by atoms with van der Waals surface area (Å²) < 4.78 is 16.8. The summed E-state index contributed by atoms with van der Waals surface area (Å²) in [5.74, 6) is 1.14. The molecule has 1 aromatic carbocycles. The summed E-state index contributed by atoms with van der Waals surface area (Å²) >= 11 is 0. The number of benzene rings is 1. The number of amides is 2. The Morgan fingerprint density at radius 2 is 1.78 bits per heavy atom. The van der Waals surface area contributed by atoms with Crippen molar-refractivity contribution in [2.75, 3.05) is 32.8 Å². The molecule has 0 aliphatic carbocycles. The summed E-state index contributed by atoms with van der Waals surface area (Å²) in [6, 6.07) is 9.10. The molecule has 4 heterocycles. The number of fused-ring (bicyclic) bond motifs is 2. The Kier molecular flexibility index (Phi) is 5.16. The van der Waals surface area contributed by atoms with E-state index in [0.29, 0.717) is 49.0 Å². The average Bonchev–Trinajstić information content (AvgIpc) is 3.26. The number of aromatic nitrogens is 2. The van der Waals surface area contributed by atoms with Crippen LogP contribution in [0.25, 0.3) is 11.1 Å². The molecule has 5 rings (SSSR count). The van der Waals surface area contributed by atoms with Gasteiger partial charge in [-0.1, -0.05) is 31.1 Å². The lowest BCUT2D eigenvalue weighted by atomic mass is 10.1. The molecule has 0 radical (unpaired) electrons. The number of rotatable bonds is 3. The predicted octanol–water partition coefficient (Wildman–Crippen LogP) is 2.47. The second kappa shape index (κ2) is 8.14. The van der Waals surface area contributed by atoms with E-state index >= 15 is 0 Å². The molecule has 2 aromatic heterocycles. The quantitative estimate of drug-likeness (QED) is 0.622. The lowest BCUT2D eigenvalue weighted by molar-refractivity contribution is -0.142. The minimum Gasteiger partial charge on any atom is -0.485 e. The molecule has 3 aromatic rings. The summed E-state index contributed by atoms with van der Waals surface area (Å²) in [5.41, 5.74) is 1.70.